The van der Waals surface area contributed by atoms with Crippen LogP contribution in [0.4, 0.5) is 0 Å². The normalized spacial score (nSPS) is 17.2. The Morgan fingerprint density at radius 3 is 2.71 bits per heavy atom. The maximum Gasteiger partial charge on any atom is 0.255 e. The number of methoxy groups -OCH3 is 1. The lowest BCUT2D eigenvalue weighted by atomic mass is 9.80. The second-order valence-electron chi connectivity index (χ2n) is 4.44. The lowest BCUT2D eigenvalue weighted by Gasteiger charge is -2.40. The highest BCUT2D eigenvalue weighted by molar-refractivity contribution is 5.96. The zero-order valence-electron chi connectivity index (χ0n) is 9.90. The highest BCUT2D eigenvalue weighted by Crippen LogP contribution is 2.34. The third-order valence-corrected chi connectivity index (χ3v) is 3.42. The average Bonchev–Trinajstić information content (AvgIpc) is 2.28. The van der Waals surface area contributed by atoms with Gasteiger partial charge in [0.25, 0.3) is 5.91 Å². The summed E-state index contributed by atoms with van der Waals surface area (Å²) in [6.45, 7) is 0.497. The van der Waals surface area contributed by atoms with Crippen molar-refractivity contribution in [1.29, 1.82) is 0 Å². The topological polar surface area (TPSA) is 58.6 Å². The standard InChI is InChI=1S/C13H17NO3/c1-17-13(7-4-8-13)9-14-12(16)10-5-2-3-6-11(10)15/h2-3,5-6,15H,4,7-9H2,1H3,(H,14,16). The number of phenols is 1. The lowest BCUT2D eigenvalue weighted by molar-refractivity contribution is -0.0679. The maximum absolute atomic E-state index is 11.8. The number of aromatic hydroxyl groups is 1. The molecule has 1 saturated carbocycles. The van der Waals surface area contributed by atoms with Crippen molar-refractivity contribution >= 4 is 5.91 Å². The van der Waals surface area contributed by atoms with E-state index in [2.05, 4.69) is 5.32 Å². The van der Waals surface area contributed by atoms with Gasteiger partial charge in [-0.15, -0.1) is 0 Å². The minimum atomic E-state index is -0.258. The number of hydrogen-bond donors (Lipinski definition) is 2. The zero-order valence-corrected chi connectivity index (χ0v) is 9.90. The minimum Gasteiger partial charge on any atom is -0.507 e. The first-order valence-corrected chi connectivity index (χ1v) is 5.78. The summed E-state index contributed by atoms with van der Waals surface area (Å²) in [7, 11) is 1.67. The number of ether oxygens (including phenoxy) is 1. The minimum absolute atomic E-state index is 0.00470. The van der Waals surface area contributed by atoms with E-state index >= 15 is 0 Å². The monoisotopic (exact) mass is 235 g/mol. The quantitative estimate of drug-likeness (QED) is 0.835. The number of carbonyl (C=O) groups is 1. The number of benzene rings is 1. The molecule has 1 aliphatic rings. The summed E-state index contributed by atoms with van der Waals surface area (Å²) < 4.78 is 5.41. The molecule has 4 heteroatoms. The van der Waals surface area contributed by atoms with E-state index in [1.165, 1.54) is 6.07 Å². The largest absolute Gasteiger partial charge is 0.507 e. The highest BCUT2D eigenvalue weighted by atomic mass is 16.5. The van der Waals surface area contributed by atoms with Gasteiger partial charge in [0.15, 0.2) is 0 Å². The SMILES string of the molecule is COC1(CNC(=O)c2ccccc2O)CCC1. The molecule has 0 aromatic heterocycles. The Balaban J connectivity index is 1.96. The van der Waals surface area contributed by atoms with Crippen LogP contribution in [0.25, 0.3) is 0 Å². The zero-order chi connectivity index (χ0) is 12.3. The van der Waals surface area contributed by atoms with Crippen LogP contribution in [-0.4, -0.2) is 30.3 Å². The molecular weight excluding hydrogens is 218 g/mol. The van der Waals surface area contributed by atoms with E-state index in [-0.39, 0.29) is 17.3 Å². The van der Waals surface area contributed by atoms with Crippen molar-refractivity contribution in [2.24, 2.45) is 0 Å². The van der Waals surface area contributed by atoms with E-state index in [9.17, 15) is 9.90 Å². The summed E-state index contributed by atoms with van der Waals surface area (Å²) in [5.74, 6) is -0.253. The Morgan fingerprint density at radius 2 is 2.18 bits per heavy atom. The van der Waals surface area contributed by atoms with Crippen LogP contribution in [0.2, 0.25) is 0 Å². The van der Waals surface area contributed by atoms with Gasteiger partial charge in [-0.2, -0.15) is 0 Å². The van der Waals surface area contributed by atoms with Crippen molar-refractivity contribution in [1.82, 2.24) is 5.32 Å². The molecule has 1 aliphatic carbocycles. The van der Waals surface area contributed by atoms with Crippen molar-refractivity contribution in [3.05, 3.63) is 29.8 Å². The van der Waals surface area contributed by atoms with Crippen LogP contribution >= 0.6 is 0 Å². The van der Waals surface area contributed by atoms with E-state index < -0.39 is 0 Å². The number of carbonyl (C=O) groups excluding carboxylic acids is 1. The first kappa shape index (κ1) is 11.9. The van der Waals surface area contributed by atoms with E-state index in [4.69, 9.17) is 4.74 Å². The molecule has 0 atom stereocenters. The van der Waals surface area contributed by atoms with Crippen molar-refractivity contribution in [3.8, 4) is 5.75 Å². The van der Waals surface area contributed by atoms with Gasteiger partial charge in [0.05, 0.1) is 11.2 Å². The first-order valence-electron chi connectivity index (χ1n) is 5.78. The van der Waals surface area contributed by atoms with E-state index in [1.54, 1.807) is 25.3 Å². The molecule has 1 fully saturated rings. The van der Waals surface area contributed by atoms with Crippen molar-refractivity contribution in [3.63, 3.8) is 0 Å². The highest BCUT2D eigenvalue weighted by Gasteiger charge is 2.37. The Bertz CT molecular complexity index is 407. The average molecular weight is 235 g/mol. The number of nitrogens with one attached hydrogen (secondary N) is 1. The molecule has 2 rings (SSSR count). The summed E-state index contributed by atoms with van der Waals surface area (Å²) in [4.78, 5) is 11.8. The van der Waals surface area contributed by atoms with Gasteiger partial charge in [-0.05, 0) is 31.4 Å². The van der Waals surface area contributed by atoms with Crippen LogP contribution < -0.4 is 5.32 Å². The van der Waals surface area contributed by atoms with Gasteiger partial charge in [-0.1, -0.05) is 12.1 Å². The van der Waals surface area contributed by atoms with Crippen LogP contribution in [-0.2, 0) is 4.74 Å². The fraction of sp³-hybridized carbons (Fsp3) is 0.462. The molecule has 0 radical (unpaired) electrons. The van der Waals surface area contributed by atoms with Gasteiger partial charge in [-0.25, -0.2) is 0 Å². The number of para-hydroxylation sites is 1. The molecule has 1 amide bonds. The molecular formula is C13H17NO3. The third-order valence-electron chi connectivity index (χ3n) is 3.42. The molecule has 0 spiro atoms. The van der Waals surface area contributed by atoms with Crippen LogP contribution in [0.15, 0.2) is 24.3 Å². The van der Waals surface area contributed by atoms with Crippen LogP contribution in [0, 0.1) is 0 Å². The number of amides is 1. The molecule has 0 aliphatic heterocycles. The number of phenolic OH excluding ortho intramolecular Hbond substituents is 1. The Morgan fingerprint density at radius 1 is 1.47 bits per heavy atom. The van der Waals surface area contributed by atoms with Gasteiger partial charge >= 0.3 is 0 Å². The molecule has 92 valence electrons. The van der Waals surface area contributed by atoms with Crippen LogP contribution in [0.3, 0.4) is 0 Å². The van der Waals surface area contributed by atoms with Crippen molar-refractivity contribution in [2.45, 2.75) is 24.9 Å². The number of hydrogen-bond acceptors (Lipinski definition) is 3. The molecule has 1 aromatic carbocycles. The molecule has 17 heavy (non-hydrogen) atoms. The Labute approximate surface area is 101 Å². The Kier molecular flexibility index (Phi) is 3.33. The molecule has 0 saturated heterocycles. The predicted molar refractivity (Wildman–Crippen MR) is 64.0 cm³/mol. The molecule has 0 bridgehead atoms. The number of rotatable bonds is 4. The summed E-state index contributed by atoms with van der Waals surface area (Å²) in [5.41, 5.74) is 0.109. The van der Waals surface area contributed by atoms with Gasteiger partial charge in [0.1, 0.15) is 5.75 Å². The Hall–Kier alpha value is -1.55. The van der Waals surface area contributed by atoms with Crippen LogP contribution in [0.1, 0.15) is 29.6 Å². The molecule has 0 unspecified atom stereocenters. The van der Waals surface area contributed by atoms with Gasteiger partial charge < -0.3 is 15.2 Å². The molecule has 0 heterocycles. The molecule has 2 N–H and O–H groups in total. The van der Waals surface area contributed by atoms with Gasteiger partial charge in [0, 0.05) is 13.7 Å². The molecule has 1 aromatic rings. The van der Waals surface area contributed by atoms with E-state index in [0.29, 0.717) is 12.1 Å². The van der Waals surface area contributed by atoms with Gasteiger partial charge in [0.2, 0.25) is 0 Å². The smallest absolute Gasteiger partial charge is 0.255 e. The fourth-order valence-electron chi connectivity index (χ4n) is 2.03. The first-order chi connectivity index (χ1) is 8.17. The van der Waals surface area contributed by atoms with E-state index in [1.807, 2.05) is 0 Å². The summed E-state index contributed by atoms with van der Waals surface area (Å²) in [6.07, 6.45) is 3.09. The van der Waals surface area contributed by atoms with Crippen molar-refractivity contribution in [2.75, 3.05) is 13.7 Å². The fourth-order valence-corrected chi connectivity index (χ4v) is 2.03. The van der Waals surface area contributed by atoms with Gasteiger partial charge in [-0.3, -0.25) is 4.79 Å². The van der Waals surface area contributed by atoms with E-state index in [0.717, 1.165) is 19.3 Å². The lowest BCUT2D eigenvalue weighted by Crippen LogP contribution is -2.49. The second kappa shape index (κ2) is 4.75. The molecule has 4 nitrogen and oxygen atoms in total. The van der Waals surface area contributed by atoms with Crippen molar-refractivity contribution < 1.29 is 14.6 Å². The maximum atomic E-state index is 11.8. The summed E-state index contributed by atoms with van der Waals surface area (Å²) >= 11 is 0. The third kappa shape index (κ3) is 2.42. The van der Waals surface area contributed by atoms with Crippen LogP contribution in [0.5, 0.6) is 5.75 Å². The summed E-state index contributed by atoms with van der Waals surface area (Å²) in [6, 6.07) is 6.52. The summed E-state index contributed by atoms with van der Waals surface area (Å²) in [5, 5.41) is 12.4. The second-order valence-corrected chi connectivity index (χ2v) is 4.44. The predicted octanol–water partition coefficient (Wildman–Crippen LogP) is 1.69.